The number of hydrogen-bond donors (Lipinski definition) is 3. The van der Waals surface area contributed by atoms with Crippen LogP contribution < -0.4 is 5.32 Å². The lowest BCUT2D eigenvalue weighted by Crippen LogP contribution is -2.54. The van der Waals surface area contributed by atoms with E-state index in [0.29, 0.717) is 54.8 Å². The molecule has 1 heterocycles. The number of ketones is 1. The topological polar surface area (TPSA) is 89.9 Å². The molecule has 3 aliphatic carbocycles. The third-order valence-electron chi connectivity index (χ3n) is 11.5. The van der Waals surface area contributed by atoms with Crippen LogP contribution in [0.2, 0.25) is 0 Å². The minimum Gasteiger partial charge on any atom is -0.393 e. The third kappa shape index (κ3) is 7.49. The van der Waals surface area contributed by atoms with Crippen LogP contribution in [0.3, 0.4) is 0 Å². The highest BCUT2D eigenvalue weighted by Crippen LogP contribution is 2.59. The summed E-state index contributed by atoms with van der Waals surface area (Å²) in [6, 6.07) is 35.2. The number of amides is 2. The zero-order valence-electron chi connectivity index (χ0n) is 30.1. The van der Waals surface area contributed by atoms with Gasteiger partial charge in [-0.3, -0.25) is 4.79 Å². The number of carbonyl (C=O) groups is 2. The van der Waals surface area contributed by atoms with Crippen LogP contribution in [0.4, 0.5) is 10.5 Å². The number of hydrogen-bond acceptors (Lipinski definition) is 5. The molecule has 1 saturated carbocycles. The number of carbonyl (C=O) groups excluding carboxylic acids is 2. The molecule has 0 unspecified atom stereocenters. The molecule has 0 spiro atoms. The summed E-state index contributed by atoms with van der Waals surface area (Å²) in [5, 5.41) is 28.2. The van der Waals surface area contributed by atoms with E-state index in [1.165, 1.54) is 16.9 Å². The van der Waals surface area contributed by atoms with E-state index in [0.717, 1.165) is 39.6 Å². The first-order valence-corrected chi connectivity index (χ1v) is 19.3. The summed E-state index contributed by atoms with van der Waals surface area (Å²) in [7, 11) is 0. The van der Waals surface area contributed by atoms with Gasteiger partial charge in [-0.1, -0.05) is 97.4 Å². The highest BCUT2D eigenvalue weighted by molar-refractivity contribution is 7.21. The number of aliphatic hydroxyl groups excluding tert-OH is 1. The maximum absolute atomic E-state index is 14.6. The van der Waals surface area contributed by atoms with Crippen LogP contribution >= 0.6 is 11.3 Å². The lowest BCUT2D eigenvalue weighted by Gasteiger charge is -2.46. The molecule has 4 atom stereocenters. The fourth-order valence-electron chi connectivity index (χ4n) is 8.47. The SMILES string of the molecule is CC1=CCC[C@@]2(C)[C@@H](CC[C@@]2(O)CN(Cc2ccccc2)C(=O)Nc2ccccc2)c2ccc(cc2C(=O)c2cc3ccccc3s2)C[C@@H](O)CC1. The quantitative estimate of drug-likeness (QED) is 0.116. The average Bonchev–Trinajstić information content (AvgIpc) is 3.69. The van der Waals surface area contributed by atoms with Crippen LogP contribution in [0.1, 0.15) is 90.2 Å². The summed E-state index contributed by atoms with van der Waals surface area (Å²) in [5.74, 6) is -0.168. The molecule has 0 aliphatic heterocycles. The largest absolute Gasteiger partial charge is 0.393 e. The number of rotatable bonds is 7. The molecule has 1 aromatic heterocycles. The average molecular weight is 713 g/mol. The zero-order valence-corrected chi connectivity index (χ0v) is 30.9. The van der Waals surface area contributed by atoms with Gasteiger partial charge in [0.2, 0.25) is 5.78 Å². The number of nitrogens with zero attached hydrogens (tertiary/aromatic N) is 1. The Balaban J connectivity index is 1.30. The van der Waals surface area contributed by atoms with Crippen molar-refractivity contribution in [2.24, 2.45) is 5.41 Å². The monoisotopic (exact) mass is 712 g/mol. The van der Waals surface area contributed by atoms with Crippen LogP contribution in [0.25, 0.3) is 10.1 Å². The number of thiophene rings is 1. The van der Waals surface area contributed by atoms with Crippen molar-refractivity contribution in [3.63, 3.8) is 0 Å². The number of nitrogens with one attached hydrogen (secondary N) is 1. The summed E-state index contributed by atoms with van der Waals surface area (Å²) in [4.78, 5) is 31.1. The molecule has 7 heteroatoms. The predicted molar refractivity (Wildman–Crippen MR) is 211 cm³/mol. The summed E-state index contributed by atoms with van der Waals surface area (Å²) < 4.78 is 1.07. The molecule has 52 heavy (non-hydrogen) atoms. The van der Waals surface area contributed by atoms with Crippen molar-refractivity contribution in [2.75, 3.05) is 11.9 Å². The molecular weight excluding hydrogens is 665 g/mol. The second-order valence-electron chi connectivity index (χ2n) is 15.1. The normalized spacial score (nSPS) is 23.4. The number of urea groups is 1. The number of para-hydroxylation sites is 1. The maximum atomic E-state index is 14.6. The lowest BCUT2D eigenvalue weighted by molar-refractivity contribution is -0.0773. The van der Waals surface area contributed by atoms with Gasteiger partial charge in [-0.25, -0.2) is 4.79 Å². The molecular formula is C45H48N2O4S. The van der Waals surface area contributed by atoms with Gasteiger partial charge in [0.25, 0.3) is 0 Å². The summed E-state index contributed by atoms with van der Waals surface area (Å²) in [6.07, 6.45) is 6.19. The molecule has 4 aromatic carbocycles. The minimum atomic E-state index is -1.24. The second-order valence-corrected chi connectivity index (χ2v) is 16.1. The predicted octanol–water partition coefficient (Wildman–Crippen LogP) is 9.91. The Bertz CT molecular complexity index is 2040. The van der Waals surface area contributed by atoms with E-state index < -0.39 is 17.1 Å². The number of fused-ring (bicyclic) bond motifs is 9. The minimum absolute atomic E-state index is 0.0268. The fraction of sp³-hybridized carbons (Fsp3) is 0.333. The van der Waals surface area contributed by atoms with Crippen molar-refractivity contribution in [1.29, 1.82) is 0 Å². The van der Waals surface area contributed by atoms with E-state index in [1.54, 1.807) is 4.90 Å². The van der Waals surface area contributed by atoms with Gasteiger partial charge in [0.15, 0.2) is 0 Å². The number of aliphatic hydroxyl groups is 2. The van der Waals surface area contributed by atoms with E-state index in [1.807, 2.05) is 97.1 Å². The molecule has 6 nitrogen and oxygen atoms in total. The van der Waals surface area contributed by atoms with Crippen molar-refractivity contribution >= 4 is 38.9 Å². The van der Waals surface area contributed by atoms with Crippen LogP contribution in [0.5, 0.6) is 0 Å². The first kappa shape index (κ1) is 35.8. The zero-order chi connectivity index (χ0) is 36.3. The first-order valence-electron chi connectivity index (χ1n) is 18.5. The van der Waals surface area contributed by atoms with Crippen LogP contribution in [-0.4, -0.2) is 45.2 Å². The molecule has 2 bridgehead atoms. The van der Waals surface area contributed by atoms with Crippen LogP contribution in [0, 0.1) is 5.41 Å². The highest BCUT2D eigenvalue weighted by atomic mass is 32.1. The lowest BCUT2D eigenvalue weighted by atomic mass is 9.64. The van der Waals surface area contributed by atoms with Crippen molar-refractivity contribution in [1.82, 2.24) is 4.90 Å². The van der Waals surface area contributed by atoms with Gasteiger partial charge in [0.05, 0.1) is 23.1 Å². The van der Waals surface area contributed by atoms with E-state index in [2.05, 4.69) is 37.4 Å². The summed E-state index contributed by atoms with van der Waals surface area (Å²) in [5.41, 5.74) is 3.48. The molecule has 8 rings (SSSR count). The van der Waals surface area contributed by atoms with Gasteiger partial charge in [-0.2, -0.15) is 0 Å². The van der Waals surface area contributed by atoms with Crippen LogP contribution in [0.15, 0.2) is 121 Å². The smallest absolute Gasteiger partial charge is 0.322 e. The van der Waals surface area contributed by atoms with Gasteiger partial charge < -0.3 is 20.4 Å². The molecule has 0 radical (unpaired) electrons. The Morgan fingerprint density at radius 1 is 0.904 bits per heavy atom. The summed E-state index contributed by atoms with van der Waals surface area (Å²) in [6.45, 7) is 4.76. The van der Waals surface area contributed by atoms with E-state index >= 15 is 0 Å². The van der Waals surface area contributed by atoms with E-state index in [4.69, 9.17) is 0 Å². The van der Waals surface area contributed by atoms with Gasteiger partial charge >= 0.3 is 6.03 Å². The van der Waals surface area contributed by atoms with Gasteiger partial charge in [0.1, 0.15) is 0 Å². The second kappa shape index (κ2) is 15.2. The highest BCUT2D eigenvalue weighted by Gasteiger charge is 2.57. The number of benzene rings is 4. The van der Waals surface area contributed by atoms with Crippen LogP contribution in [-0.2, 0) is 13.0 Å². The Hall–Kier alpha value is -4.56. The Labute approximate surface area is 310 Å². The van der Waals surface area contributed by atoms with Crippen molar-refractivity contribution in [3.05, 3.63) is 148 Å². The van der Waals surface area contributed by atoms with E-state index in [-0.39, 0.29) is 24.3 Å². The molecule has 2 amide bonds. The molecule has 268 valence electrons. The maximum Gasteiger partial charge on any atom is 0.322 e. The molecule has 3 N–H and O–H groups in total. The molecule has 1 fully saturated rings. The van der Waals surface area contributed by atoms with Crippen molar-refractivity contribution in [2.45, 2.75) is 83.0 Å². The fourth-order valence-corrected chi connectivity index (χ4v) is 9.48. The molecule has 0 saturated heterocycles. The van der Waals surface area contributed by atoms with Gasteiger partial charge in [-0.15, -0.1) is 11.3 Å². The Kier molecular flexibility index (Phi) is 10.5. The van der Waals surface area contributed by atoms with Crippen molar-refractivity contribution in [3.8, 4) is 0 Å². The number of anilines is 1. The third-order valence-corrected chi connectivity index (χ3v) is 12.7. The number of allylic oxidation sites excluding steroid dienone is 2. The standard InChI is InChI=1S/C45H48N2O4S/c1-31-12-11-24-44(2)39(23-25-45(44,51)30-47(29-32-13-5-3-6-14-32)43(50)46-35-16-7-4-8-17-35)37-22-20-33(26-36(48)21-19-31)27-38(37)42(49)41-28-34-15-9-10-18-40(34)52-41/h3-10,12-18,20,22,27-28,36,39,48,51H,11,19,21,23-26,29-30H2,1-2H3,(H,46,50)/t36-,39-,44-,45+/m0/s1. The first-order chi connectivity index (χ1) is 25.1. The molecule has 3 aliphatic rings. The summed E-state index contributed by atoms with van der Waals surface area (Å²) >= 11 is 1.50. The van der Waals surface area contributed by atoms with Gasteiger partial charge in [0, 0.05) is 27.9 Å². The van der Waals surface area contributed by atoms with E-state index in [9.17, 15) is 19.8 Å². The molecule has 5 aromatic rings. The Morgan fingerprint density at radius 3 is 2.40 bits per heavy atom. The Morgan fingerprint density at radius 2 is 1.63 bits per heavy atom. The van der Waals surface area contributed by atoms with Gasteiger partial charge in [-0.05, 0) is 110 Å². The van der Waals surface area contributed by atoms with Crippen molar-refractivity contribution < 1.29 is 19.8 Å².